The molecule has 5 heteroatoms. The van der Waals surface area contributed by atoms with Gasteiger partial charge < -0.3 is 16.2 Å². The molecule has 1 atom stereocenters. The lowest BCUT2D eigenvalue weighted by Gasteiger charge is -2.20. The number of rotatable bonds is 6. The third kappa shape index (κ3) is 6.01. The highest BCUT2D eigenvalue weighted by molar-refractivity contribution is 5.84. The van der Waals surface area contributed by atoms with Crippen molar-refractivity contribution in [1.82, 2.24) is 5.32 Å². The van der Waals surface area contributed by atoms with E-state index in [1.165, 1.54) is 0 Å². The first-order valence-electron chi connectivity index (χ1n) is 6.13. The summed E-state index contributed by atoms with van der Waals surface area (Å²) in [4.78, 5) is 22.9. The van der Waals surface area contributed by atoms with E-state index >= 15 is 0 Å². The molecule has 0 aliphatic carbocycles. The number of aliphatic carboxylic acids is 1. The molecule has 0 heterocycles. The molecule has 5 nitrogen and oxygen atoms in total. The third-order valence-corrected chi connectivity index (χ3v) is 2.53. The molecule has 0 radical (unpaired) electrons. The zero-order valence-corrected chi connectivity index (χ0v) is 11.2. The quantitative estimate of drug-likeness (QED) is 0.712. The van der Waals surface area contributed by atoms with Crippen molar-refractivity contribution in [2.24, 2.45) is 5.73 Å². The number of hydrogen-bond acceptors (Lipinski definition) is 3. The number of carboxylic acids is 1. The summed E-state index contributed by atoms with van der Waals surface area (Å²) in [5.74, 6) is -1.40. The summed E-state index contributed by atoms with van der Waals surface area (Å²) in [5, 5.41) is 11.6. The number of carbonyl (C=O) groups is 2. The van der Waals surface area contributed by atoms with Crippen LogP contribution in [-0.4, -0.2) is 28.6 Å². The van der Waals surface area contributed by atoms with E-state index in [0.717, 1.165) is 5.56 Å². The predicted octanol–water partition coefficient (Wildman–Crippen LogP) is 0.926. The Kier molecular flexibility index (Phi) is 5.06. The van der Waals surface area contributed by atoms with Gasteiger partial charge in [-0.3, -0.25) is 4.79 Å². The van der Waals surface area contributed by atoms with Crippen molar-refractivity contribution >= 4 is 11.9 Å². The van der Waals surface area contributed by atoms with Crippen LogP contribution >= 0.6 is 0 Å². The molecule has 0 aliphatic heterocycles. The molecule has 0 spiro atoms. The molecule has 4 N–H and O–H groups in total. The predicted molar refractivity (Wildman–Crippen MR) is 72.6 cm³/mol. The molecule has 0 fully saturated rings. The van der Waals surface area contributed by atoms with E-state index < -0.39 is 17.6 Å². The molecule has 0 saturated carbocycles. The van der Waals surface area contributed by atoms with E-state index in [2.05, 4.69) is 5.32 Å². The summed E-state index contributed by atoms with van der Waals surface area (Å²) < 4.78 is 0. The van der Waals surface area contributed by atoms with Crippen molar-refractivity contribution in [3.63, 3.8) is 0 Å². The lowest BCUT2D eigenvalue weighted by Crippen LogP contribution is -2.46. The average Bonchev–Trinajstić information content (AvgIpc) is 2.26. The Labute approximate surface area is 112 Å². The number of nitrogens with two attached hydrogens (primary N) is 1. The first-order valence-corrected chi connectivity index (χ1v) is 6.13. The van der Waals surface area contributed by atoms with Gasteiger partial charge in [-0.1, -0.05) is 30.3 Å². The van der Waals surface area contributed by atoms with Gasteiger partial charge in [0.05, 0.1) is 0 Å². The SMILES string of the molecule is CC(C)(N)CC(=O)N[C@H](Cc1ccccc1)C(=O)O. The Bertz CT molecular complexity index is 438. The van der Waals surface area contributed by atoms with Crippen LogP contribution in [-0.2, 0) is 16.0 Å². The standard InChI is InChI=1S/C14H20N2O3/c1-14(2,15)9-12(17)16-11(13(18)19)8-10-6-4-3-5-7-10/h3-7,11H,8-9,15H2,1-2H3,(H,16,17)(H,18,19)/t11-/m1/s1. The summed E-state index contributed by atoms with van der Waals surface area (Å²) in [6.07, 6.45) is 0.346. The summed E-state index contributed by atoms with van der Waals surface area (Å²) in [6.45, 7) is 3.44. The zero-order chi connectivity index (χ0) is 14.5. The molecule has 1 amide bonds. The lowest BCUT2D eigenvalue weighted by atomic mass is 10.0. The molecule has 0 saturated heterocycles. The average molecular weight is 264 g/mol. The first-order chi connectivity index (χ1) is 8.78. The van der Waals surface area contributed by atoms with Gasteiger partial charge in [-0.2, -0.15) is 0 Å². The van der Waals surface area contributed by atoms with E-state index in [4.69, 9.17) is 10.8 Å². The molecule has 104 valence electrons. The number of carbonyl (C=O) groups excluding carboxylic acids is 1. The van der Waals surface area contributed by atoms with Gasteiger partial charge in [0, 0.05) is 18.4 Å². The fourth-order valence-corrected chi connectivity index (χ4v) is 1.71. The Hall–Kier alpha value is -1.88. The van der Waals surface area contributed by atoms with E-state index in [9.17, 15) is 9.59 Å². The minimum Gasteiger partial charge on any atom is -0.480 e. The van der Waals surface area contributed by atoms with E-state index in [1.807, 2.05) is 30.3 Å². The summed E-state index contributed by atoms with van der Waals surface area (Å²) in [5.41, 5.74) is 5.94. The number of hydrogen-bond donors (Lipinski definition) is 3. The zero-order valence-electron chi connectivity index (χ0n) is 11.2. The number of amides is 1. The van der Waals surface area contributed by atoms with Crippen molar-refractivity contribution in [3.05, 3.63) is 35.9 Å². The van der Waals surface area contributed by atoms with Crippen LogP contribution in [0, 0.1) is 0 Å². The monoisotopic (exact) mass is 264 g/mol. The molecule has 1 aromatic carbocycles. The van der Waals surface area contributed by atoms with Crippen LogP contribution in [0.3, 0.4) is 0 Å². The van der Waals surface area contributed by atoms with Crippen molar-refractivity contribution in [3.8, 4) is 0 Å². The molecule has 0 bridgehead atoms. The van der Waals surface area contributed by atoms with Crippen LogP contribution in [0.4, 0.5) is 0 Å². The minimum atomic E-state index is -1.05. The normalized spacial score (nSPS) is 12.8. The minimum absolute atomic E-state index is 0.0889. The summed E-state index contributed by atoms with van der Waals surface area (Å²) >= 11 is 0. The second-order valence-corrected chi connectivity index (χ2v) is 5.31. The number of benzene rings is 1. The van der Waals surface area contributed by atoms with Gasteiger partial charge in [0.25, 0.3) is 0 Å². The number of nitrogens with one attached hydrogen (secondary N) is 1. The molecule has 19 heavy (non-hydrogen) atoms. The molecule has 0 unspecified atom stereocenters. The maximum atomic E-state index is 11.7. The van der Waals surface area contributed by atoms with Gasteiger partial charge in [-0.25, -0.2) is 4.79 Å². The van der Waals surface area contributed by atoms with Crippen LogP contribution in [0.15, 0.2) is 30.3 Å². The smallest absolute Gasteiger partial charge is 0.326 e. The Morgan fingerprint density at radius 3 is 2.37 bits per heavy atom. The maximum Gasteiger partial charge on any atom is 0.326 e. The van der Waals surface area contributed by atoms with Crippen molar-refractivity contribution in [2.45, 2.75) is 38.3 Å². The highest BCUT2D eigenvalue weighted by Gasteiger charge is 2.23. The number of carboxylic acid groups (broad SMARTS) is 1. The van der Waals surface area contributed by atoms with Gasteiger partial charge in [0.15, 0.2) is 0 Å². The van der Waals surface area contributed by atoms with Crippen LogP contribution in [0.5, 0.6) is 0 Å². The van der Waals surface area contributed by atoms with Crippen molar-refractivity contribution in [2.75, 3.05) is 0 Å². The van der Waals surface area contributed by atoms with Gasteiger partial charge in [0.2, 0.25) is 5.91 Å². The summed E-state index contributed by atoms with van der Waals surface area (Å²) in [6, 6.07) is 8.24. The van der Waals surface area contributed by atoms with Crippen molar-refractivity contribution < 1.29 is 14.7 Å². The fourth-order valence-electron chi connectivity index (χ4n) is 1.71. The largest absolute Gasteiger partial charge is 0.480 e. The maximum absolute atomic E-state index is 11.7. The van der Waals surface area contributed by atoms with Gasteiger partial charge >= 0.3 is 5.97 Å². The van der Waals surface area contributed by atoms with Crippen molar-refractivity contribution in [1.29, 1.82) is 0 Å². The highest BCUT2D eigenvalue weighted by Crippen LogP contribution is 2.06. The Balaban J connectivity index is 2.64. The highest BCUT2D eigenvalue weighted by atomic mass is 16.4. The van der Waals surface area contributed by atoms with E-state index in [1.54, 1.807) is 13.8 Å². The molecular formula is C14H20N2O3. The Morgan fingerprint density at radius 1 is 1.32 bits per heavy atom. The van der Waals surface area contributed by atoms with Crippen LogP contribution in [0.1, 0.15) is 25.8 Å². The topological polar surface area (TPSA) is 92.4 Å². The molecule has 1 aromatic rings. The fraction of sp³-hybridized carbons (Fsp3) is 0.429. The second-order valence-electron chi connectivity index (χ2n) is 5.31. The second kappa shape index (κ2) is 6.33. The molecule has 0 aliphatic rings. The lowest BCUT2D eigenvalue weighted by molar-refractivity contribution is -0.141. The van der Waals surface area contributed by atoms with E-state index in [0.29, 0.717) is 0 Å². The molecular weight excluding hydrogens is 244 g/mol. The van der Waals surface area contributed by atoms with Gasteiger partial charge in [-0.15, -0.1) is 0 Å². The van der Waals surface area contributed by atoms with Crippen LogP contribution in [0.25, 0.3) is 0 Å². The van der Waals surface area contributed by atoms with Gasteiger partial charge in [0.1, 0.15) is 6.04 Å². The van der Waals surface area contributed by atoms with E-state index in [-0.39, 0.29) is 18.7 Å². The van der Waals surface area contributed by atoms with Crippen LogP contribution in [0.2, 0.25) is 0 Å². The summed E-state index contributed by atoms with van der Waals surface area (Å²) in [7, 11) is 0. The first kappa shape index (κ1) is 15.2. The van der Waals surface area contributed by atoms with Crippen LogP contribution < -0.4 is 11.1 Å². The Morgan fingerprint density at radius 2 is 1.89 bits per heavy atom. The third-order valence-electron chi connectivity index (χ3n) is 2.53. The molecule has 0 aromatic heterocycles. The molecule has 1 rings (SSSR count). The van der Waals surface area contributed by atoms with Gasteiger partial charge in [-0.05, 0) is 19.4 Å².